The molecule has 1 aliphatic rings. The lowest BCUT2D eigenvalue weighted by Gasteiger charge is -2.19. The van der Waals surface area contributed by atoms with Crippen LogP contribution in [0.15, 0.2) is 42.5 Å². The van der Waals surface area contributed by atoms with Crippen LogP contribution in [0, 0.1) is 11.7 Å². The molecule has 0 spiro atoms. The van der Waals surface area contributed by atoms with Gasteiger partial charge in [0, 0.05) is 6.42 Å². The minimum Gasteiger partial charge on any atom is -0.478 e. The number of hydrogen-bond donors (Lipinski definition) is 3. The van der Waals surface area contributed by atoms with Crippen molar-refractivity contribution >= 4 is 23.5 Å². The van der Waals surface area contributed by atoms with E-state index in [9.17, 15) is 14.0 Å². The van der Waals surface area contributed by atoms with E-state index in [2.05, 4.69) is 5.32 Å². The van der Waals surface area contributed by atoms with Crippen molar-refractivity contribution in [3.05, 3.63) is 70.0 Å². The number of aliphatic hydroxyl groups excluding tert-OH is 1. The zero-order chi connectivity index (χ0) is 21.6. The maximum absolute atomic E-state index is 12.4. The molecule has 2 aromatic carbocycles. The lowest BCUT2D eigenvalue weighted by atomic mass is 10.0. The number of carbonyl (C=O) groups excluding carboxylic acids is 1. The van der Waals surface area contributed by atoms with Crippen LogP contribution >= 0.6 is 11.6 Å². The van der Waals surface area contributed by atoms with Gasteiger partial charge in [0.25, 0.3) is 0 Å². The van der Waals surface area contributed by atoms with Crippen molar-refractivity contribution < 1.29 is 24.2 Å². The number of aliphatic hydroxyl groups is 1. The molecule has 2 aromatic rings. The molecule has 156 valence electrons. The maximum atomic E-state index is 12.4. The first-order valence-electron chi connectivity index (χ1n) is 9.36. The summed E-state index contributed by atoms with van der Waals surface area (Å²) < 4.78 is 12.4. The number of rotatable bonds is 6. The summed E-state index contributed by atoms with van der Waals surface area (Å²) >= 11 is 5.41. The van der Waals surface area contributed by atoms with Gasteiger partial charge in [0.15, 0.2) is 0 Å². The summed E-state index contributed by atoms with van der Waals surface area (Å²) in [7, 11) is 0. The molecule has 1 fully saturated rings. The number of nitrogens with one attached hydrogen (secondary N) is 1. The van der Waals surface area contributed by atoms with Crippen molar-refractivity contribution in [2.24, 2.45) is 5.92 Å². The van der Waals surface area contributed by atoms with Crippen LogP contribution in [0.3, 0.4) is 0 Å². The van der Waals surface area contributed by atoms with E-state index in [0.29, 0.717) is 17.9 Å². The molecule has 1 saturated carbocycles. The van der Waals surface area contributed by atoms with E-state index >= 15 is 0 Å². The van der Waals surface area contributed by atoms with E-state index in [4.69, 9.17) is 21.8 Å². The summed E-state index contributed by atoms with van der Waals surface area (Å²) in [6.45, 7) is 3.92. The van der Waals surface area contributed by atoms with Gasteiger partial charge in [-0.15, -0.1) is 0 Å². The van der Waals surface area contributed by atoms with E-state index in [-0.39, 0.29) is 28.6 Å². The van der Waals surface area contributed by atoms with Gasteiger partial charge in [0.2, 0.25) is 5.91 Å². The summed E-state index contributed by atoms with van der Waals surface area (Å²) in [5, 5.41) is 20.6. The second-order valence-electron chi connectivity index (χ2n) is 7.52. The molecule has 0 heterocycles. The smallest absolute Gasteiger partial charge is 0.335 e. The number of aromatic carboxylic acids is 1. The monoisotopic (exact) mass is 421 g/mol. The highest BCUT2D eigenvalue weighted by Gasteiger charge is 2.45. The molecular formula is C22H25ClFNO4. The first-order chi connectivity index (χ1) is 13.7. The maximum Gasteiger partial charge on any atom is 0.335 e. The second-order valence-corrected chi connectivity index (χ2v) is 7.92. The Kier molecular flexibility index (Phi) is 7.76. The fourth-order valence-electron chi connectivity index (χ4n) is 2.87. The molecule has 29 heavy (non-hydrogen) atoms. The second kappa shape index (κ2) is 9.85. The third-order valence-corrected chi connectivity index (χ3v) is 4.86. The van der Waals surface area contributed by atoms with Crippen LogP contribution < -0.4 is 5.32 Å². The third kappa shape index (κ3) is 6.54. The largest absolute Gasteiger partial charge is 0.478 e. The molecule has 1 aliphatic carbocycles. The van der Waals surface area contributed by atoms with E-state index in [1.165, 1.54) is 18.2 Å². The van der Waals surface area contributed by atoms with Crippen LogP contribution in [0.1, 0.15) is 54.6 Å². The van der Waals surface area contributed by atoms with Gasteiger partial charge in [-0.05, 0) is 54.2 Å². The summed E-state index contributed by atoms with van der Waals surface area (Å²) in [5.74, 6) is -0.987. The Morgan fingerprint density at radius 2 is 1.79 bits per heavy atom. The zero-order valence-electron chi connectivity index (χ0n) is 16.4. The standard InChI is InChI=1S/C15H19NO3.C7H6ClFO/c1-10(2)9-13(17)16-15(7-8-15)12-5-3-11(4-6-12)14(18)19;8-6-3-5(4-10)1-2-7(6)9/h3-6,10H,7-9H2,1-2H3,(H,16,17)(H,18,19);1-3,10H,4H2. The number of carboxylic acids is 1. The molecule has 3 N–H and O–H groups in total. The highest BCUT2D eigenvalue weighted by molar-refractivity contribution is 6.30. The molecule has 0 saturated heterocycles. The van der Waals surface area contributed by atoms with Gasteiger partial charge in [-0.1, -0.05) is 43.6 Å². The SMILES string of the molecule is CC(C)CC(=O)NC1(c2ccc(C(=O)O)cc2)CC1.OCc1ccc(F)c(Cl)c1. The van der Waals surface area contributed by atoms with Crippen LogP contribution in [-0.2, 0) is 16.9 Å². The summed E-state index contributed by atoms with van der Waals surface area (Å²) in [4.78, 5) is 22.7. The summed E-state index contributed by atoms with van der Waals surface area (Å²) in [5.41, 5.74) is 1.62. The van der Waals surface area contributed by atoms with Gasteiger partial charge in [-0.2, -0.15) is 0 Å². The zero-order valence-corrected chi connectivity index (χ0v) is 17.2. The van der Waals surface area contributed by atoms with Crippen molar-refractivity contribution in [1.82, 2.24) is 5.32 Å². The van der Waals surface area contributed by atoms with Gasteiger partial charge in [0.1, 0.15) is 5.82 Å². The van der Waals surface area contributed by atoms with Crippen LogP contribution in [0.25, 0.3) is 0 Å². The highest BCUT2D eigenvalue weighted by atomic mass is 35.5. The van der Waals surface area contributed by atoms with E-state index in [1.54, 1.807) is 24.3 Å². The first-order valence-corrected chi connectivity index (χ1v) is 9.74. The lowest BCUT2D eigenvalue weighted by Crippen LogP contribution is -2.35. The van der Waals surface area contributed by atoms with Crippen molar-refractivity contribution in [2.45, 2.75) is 45.3 Å². The van der Waals surface area contributed by atoms with E-state index < -0.39 is 11.8 Å². The Labute approximate surface area is 174 Å². The average Bonchev–Trinajstić information content (AvgIpc) is 3.44. The predicted octanol–water partition coefficient (Wildman–Crippen LogP) is 4.51. The molecule has 0 bridgehead atoms. The van der Waals surface area contributed by atoms with Crippen LogP contribution in [0.2, 0.25) is 5.02 Å². The molecular weight excluding hydrogens is 397 g/mol. The Balaban J connectivity index is 0.000000253. The fraction of sp³-hybridized carbons (Fsp3) is 0.364. The van der Waals surface area contributed by atoms with Crippen LogP contribution in [-0.4, -0.2) is 22.1 Å². The minimum absolute atomic E-state index is 0.0477. The Bertz CT molecular complexity index is 864. The Morgan fingerprint density at radius 3 is 2.24 bits per heavy atom. The topological polar surface area (TPSA) is 86.6 Å². The van der Waals surface area contributed by atoms with Crippen molar-refractivity contribution in [3.8, 4) is 0 Å². The van der Waals surface area contributed by atoms with Crippen molar-refractivity contribution in [3.63, 3.8) is 0 Å². The number of benzene rings is 2. The van der Waals surface area contributed by atoms with Crippen molar-refractivity contribution in [1.29, 1.82) is 0 Å². The van der Waals surface area contributed by atoms with E-state index in [0.717, 1.165) is 18.4 Å². The molecule has 7 heteroatoms. The number of halogens is 2. The van der Waals surface area contributed by atoms with Gasteiger partial charge in [-0.3, -0.25) is 4.79 Å². The summed E-state index contributed by atoms with van der Waals surface area (Å²) in [6.07, 6.45) is 2.36. The Morgan fingerprint density at radius 1 is 1.17 bits per heavy atom. The Hall–Kier alpha value is -2.44. The molecule has 0 aliphatic heterocycles. The lowest BCUT2D eigenvalue weighted by molar-refractivity contribution is -0.122. The molecule has 1 amide bonds. The number of amides is 1. The fourth-order valence-corrected chi connectivity index (χ4v) is 3.07. The molecule has 0 radical (unpaired) electrons. The minimum atomic E-state index is -0.930. The van der Waals surface area contributed by atoms with Crippen LogP contribution in [0.4, 0.5) is 4.39 Å². The number of hydrogen-bond acceptors (Lipinski definition) is 3. The molecule has 0 aromatic heterocycles. The molecule has 3 rings (SSSR count). The third-order valence-electron chi connectivity index (χ3n) is 4.57. The van der Waals surface area contributed by atoms with Gasteiger partial charge in [-0.25, -0.2) is 9.18 Å². The van der Waals surface area contributed by atoms with Gasteiger partial charge in [0.05, 0.1) is 22.7 Å². The highest BCUT2D eigenvalue weighted by Crippen LogP contribution is 2.45. The normalized spacial score (nSPS) is 14.0. The van der Waals surface area contributed by atoms with Gasteiger partial charge >= 0.3 is 5.97 Å². The first kappa shape index (κ1) is 22.8. The van der Waals surface area contributed by atoms with Crippen LogP contribution in [0.5, 0.6) is 0 Å². The van der Waals surface area contributed by atoms with Crippen molar-refractivity contribution in [2.75, 3.05) is 0 Å². The van der Waals surface area contributed by atoms with Gasteiger partial charge < -0.3 is 15.5 Å². The average molecular weight is 422 g/mol. The molecule has 5 nitrogen and oxygen atoms in total. The molecule has 0 unspecified atom stereocenters. The molecule has 0 atom stereocenters. The quantitative estimate of drug-likeness (QED) is 0.640. The number of carbonyl (C=O) groups is 2. The number of carboxylic acid groups (broad SMARTS) is 1. The summed E-state index contributed by atoms with van der Waals surface area (Å²) in [6, 6.07) is 10.9. The van der Waals surface area contributed by atoms with E-state index in [1.807, 2.05) is 13.8 Å². The predicted molar refractivity (Wildman–Crippen MR) is 109 cm³/mol.